The Hall–Kier alpha value is -0.720. The van der Waals surface area contributed by atoms with E-state index in [2.05, 4.69) is 15.3 Å². The molecule has 15 heavy (non-hydrogen) atoms. The average Bonchev–Trinajstić information content (AvgIpc) is 2.71. The SMILES string of the molecule is O=S(=O)(c1ccnc(Cl)n1)[C@H]1CCNC1. The summed E-state index contributed by atoms with van der Waals surface area (Å²) in [5, 5.41) is 2.58. The van der Waals surface area contributed by atoms with Crippen molar-refractivity contribution in [1.82, 2.24) is 15.3 Å². The number of sulfone groups is 1. The van der Waals surface area contributed by atoms with Crippen LogP contribution < -0.4 is 5.32 Å². The molecule has 0 saturated carbocycles. The van der Waals surface area contributed by atoms with Crippen molar-refractivity contribution < 1.29 is 8.42 Å². The molecule has 0 unspecified atom stereocenters. The molecule has 2 heterocycles. The van der Waals surface area contributed by atoms with Crippen molar-refractivity contribution in [3.05, 3.63) is 17.5 Å². The number of aromatic nitrogens is 2. The molecule has 1 aliphatic rings. The highest BCUT2D eigenvalue weighted by atomic mass is 35.5. The van der Waals surface area contributed by atoms with E-state index in [0.29, 0.717) is 13.0 Å². The molecule has 1 fully saturated rings. The molecule has 1 aromatic heterocycles. The Kier molecular flexibility index (Phi) is 2.90. The molecule has 0 spiro atoms. The normalized spacial score (nSPS) is 21.8. The summed E-state index contributed by atoms with van der Waals surface area (Å²) in [6.45, 7) is 1.20. The van der Waals surface area contributed by atoms with Crippen LogP contribution in [-0.4, -0.2) is 36.7 Å². The summed E-state index contributed by atoms with van der Waals surface area (Å²) in [7, 11) is -3.36. The summed E-state index contributed by atoms with van der Waals surface area (Å²) in [5.41, 5.74) is 0. The zero-order chi connectivity index (χ0) is 10.9. The van der Waals surface area contributed by atoms with E-state index in [-0.39, 0.29) is 10.3 Å². The second kappa shape index (κ2) is 4.03. The van der Waals surface area contributed by atoms with Gasteiger partial charge in [-0.3, -0.25) is 0 Å². The summed E-state index contributed by atoms with van der Waals surface area (Å²) in [4.78, 5) is 7.38. The molecule has 0 radical (unpaired) electrons. The average molecular weight is 248 g/mol. The molecule has 1 N–H and O–H groups in total. The van der Waals surface area contributed by atoms with Crippen LogP contribution in [0.5, 0.6) is 0 Å². The molecule has 0 amide bonds. The van der Waals surface area contributed by atoms with Crippen molar-refractivity contribution in [1.29, 1.82) is 0 Å². The van der Waals surface area contributed by atoms with Gasteiger partial charge < -0.3 is 5.32 Å². The van der Waals surface area contributed by atoms with E-state index in [9.17, 15) is 8.42 Å². The van der Waals surface area contributed by atoms with Crippen molar-refractivity contribution in [2.75, 3.05) is 13.1 Å². The van der Waals surface area contributed by atoms with E-state index in [0.717, 1.165) is 6.54 Å². The molecule has 7 heteroatoms. The van der Waals surface area contributed by atoms with Crippen molar-refractivity contribution in [3.8, 4) is 0 Å². The van der Waals surface area contributed by atoms with Crippen molar-refractivity contribution in [2.45, 2.75) is 16.7 Å². The van der Waals surface area contributed by atoms with E-state index in [1.165, 1.54) is 12.3 Å². The van der Waals surface area contributed by atoms with Gasteiger partial charge in [0.2, 0.25) is 5.28 Å². The van der Waals surface area contributed by atoms with Crippen LogP contribution in [0, 0.1) is 0 Å². The Labute approximate surface area is 92.8 Å². The van der Waals surface area contributed by atoms with E-state index in [4.69, 9.17) is 11.6 Å². The van der Waals surface area contributed by atoms with Gasteiger partial charge in [-0.1, -0.05) is 0 Å². The maximum Gasteiger partial charge on any atom is 0.223 e. The fourth-order valence-corrected chi connectivity index (χ4v) is 3.31. The van der Waals surface area contributed by atoms with Crippen molar-refractivity contribution in [2.24, 2.45) is 0 Å². The molecule has 0 aromatic carbocycles. The zero-order valence-electron chi connectivity index (χ0n) is 7.85. The van der Waals surface area contributed by atoms with Crippen LogP contribution in [0.2, 0.25) is 5.28 Å². The third-order valence-corrected chi connectivity index (χ3v) is 4.62. The first kappa shape index (κ1) is 10.8. The second-order valence-electron chi connectivity index (χ2n) is 3.32. The van der Waals surface area contributed by atoms with Crippen LogP contribution >= 0.6 is 11.6 Å². The van der Waals surface area contributed by atoms with E-state index in [1.54, 1.807) is 0 Å². The Morgan fingerprint density at radius 2 is 2.33 bits per heavy atom. The Morgan fingerprint density at radius 3 is 2.93 bits per heavy atom. The Balaban J connectivity index is 2.36. The van der Waals surface area contributed by atoms with E-state index in [1.807, 2.05) is 0 Å². The van der Waals surface area contributed by atoms with Gasteiger partial charge in [0.05, 0.1) is 5.25 Å². The maximum absolute atomic E-state index is 12.0. The van der Waals surface area contributed by atoms with Gasteiger partial charge in [0.15, 0.2) is 14.9 Å². The molecule has 5 nitrogen and oxygen atoms in total. The van der Waals surface area contributed by atoms with E-state index < -0.39 is 15.1 Å². The largest absolute Gasteiger partial charge is 0.315 e. The molecule has 0 bridgehead atoms. The first-order valence-electron chi connectivity index (χ1n) is 4.54. The van der Waals surface area contributed by atoms with Crippen LogP contribution in [-0.2, 0) is 9.84 Å². The summed E-state index contributed by atoms with van der Waals surface area (Å²) in [5.74, 6) is 0. The number of hydrogen-bond donors (Lipinski definition) is 1. The van der Waals surface area contributed by atoms with Gasteiger partial charge in [0, 0.05) is 12.7 Å². The quantitative estimate of drug-likeness (QED) is 0.600. The molecular formula is C8H10ClN3O2S. The van der Waals surface area contributed by atoms with Gasteiger partial charge in [-0.15, -0.1) is 0 Å². The summed E-state index contributed by atoms with van der Waals surface area (Å²) < 4.78 is 24.0. The van der Waals surface area contributed by atoms with E-state index >= 15 is 0 Å². The summed E-state index contributed by atoms with van der Waals surface area (Å²) in [6, 6.07) is 1.37. The lowest BCUT2D eigenvalue weighted by atomic mass is 10.4. The first-order valence-corrected chi connectivity index (χ1v) is 6.46. The molecule has 1 saturated heterocycles. The number of rotatable bonds is 2. The number of hydrogen-bond acceptors (Lipinski definition) is 5. The minimum Gasteiger partial charge on any atom is -0.315 e. The minimum atomic E-state index is -3.36. The minimum absolute atomic E-state index is 0.0104. The van der Waals surface area contributed by atoms with Gasteiger partial charge in [-0.2, -0.15) is 0 Å². The molecule has 2 rings (SSSR count). The first-order chi connectivity index (χ1) is 7.10. The maximum atomic E-state index is 12.0. The molecule has 1 aliphatic heterocycles. The number of halogens is 1. The van der Waals surface area contributed by atoms with Gasteiger partial charge in [0.25, 0.3) is 0 Å². The molecule has 1 aromatic rings. The van der Waals surface area contributed by atoms with Gasteiger partial charge in [-0.25, -0.2) is 18.4 Å². The highest BCUT2D eigenvalue weighted by molar-refractivity contribution is 7.92. The molecule has 82 valence electrons. The number of nitrogens with zero attached hydrogens (tertiary/aromatic N) is 2. The Bertz CT molecular complexity index is 457. The van der Waals surface area contributed by atoms with Gasteiger partial charge >= 0.3 is 0 Å². The third kappa shape index (κ3) is 2.11. The summed E-state index contributed by atoms with van der Waals surface area (Å²) >= 11 is 5.56. The van der Waals surface area contributed by atoms with Crippen LogP contribution in [0.4, 0.5) is 0 Å². The lowest BCUT2D eigenvalue weighted by molar-refractivity contribution is 0.578. The standard InChI is InChI=1S/C8H10ClN3O2S/c9-8-11-4-2-7(12-8)15(13,14)6-1-3-10-5-6/h2,4,6,10H,1,3,5H2/t6-/m0/s1. The smallest absolute Gasteiger partial charge is 0.223 e. The van der Waals surface area contributed by atoms with Gasteiger partial charge in [0.1, 0.15) is 0 Å². The lowest BCUT2D eigenvalue weighted by Gasteiger charge is -2.08. The lowest BCUT2D eigenvalue weighted by Crippen LogP contribution is -2.24. The predicted molar refractivity (Wildman–Crippen MR) is 55.5 cm³/mol. The zero-order valence-corrected chi connectivity index (χ0v) is 9.42. The fraction of sp³-hybridized carbons (Fsp3) is 0.500. The van der Waals surface area contributed by atoms with Crippen LogP contribution in [0.15, 0.2) is 17.3 Å². The van der Waals surface area contributed by atoms with Gasteiger partial charge in [-0.05, 0) is 30.6 Å². The highest BCUT2D eigenvalue weighted by Gasteiger charge is 2.31. The second-order valence-corrected chi connectivity index (χ2v) is 5.84. The van der Waals surface area contributed by atoms with Crippen molar-refractivity contribution in [3.63, 3.8) is 0 Å². The van der Waals surface area contributed by atoms with Crippen molar-refractivity contribution >= 4 is 21.4 Å². The monoisotopic (exact) mass is 247 g/mol. The number of nitrogens with one attached hydrogen (secondary N) is 1. The predicted octanol–water partition coefficient (Wildman–Crippen LogP) is 0.266. The summed E-state index contributed by atoms with van der Waals surface area (Å²) in [6.07, 6.45) is 1.97. The highest BCUT2D eigenvalue weighted by Crippen LogP contribution is 2.18. The third-order valence-electron chi connectivity index (χ3n) is 2.35. The topological polar surface area (TPSA) is 72.0 Å². The Morgan fingerprint density at radius 1 is 1.53 bits per heavy atom. The molecule has 0 aliphatic carbocycles. The fourth-order valence-electron chi connectivity index (χ4n) is 1.54. The molecular weight excluding hydrogens is 238 g/mol. The van der Waals surface area contributed by atoms with Crippen LogP contribution in [0.3, 0.4) is 0 Å². The molecule has 1 atom stereocenters. The van der Waals surface area contributed by atoms with Crippen LogP contribution in [0.1, 0.15) is 6.42 Å². The van der Waals surface area contributed by atoms with Crippen LogP contribution in [0.25, 0.3) is 0 Å².